The molecule has 1 heterocycles. The van der Waals surface area contributed by atoms with Crippen molar-refractivity contribution in [2.75, 3.05) is 7.11 Å². The Kier molecular flexibility index (Phi) is 4.86. The van der Waals surface area contributed by atoms with Gasteiger partial charge in [0.15, 0.2) is 0 Å². The van der Waals surface area contributed by atoms with Crippen LogP contribution in [0.1, 0.15) is 45.4 Å². The fraction of sp³-hybridized carbons (Fsp3) is 0.600. The minimum atomic E-state index is -0.0258. The molecule has 2 saturated carbocycles. The number of aromatic nitrogens is 1. The summed E-state index contributed by atoms with van der Waals surface area (Å²) in [6.07, 6.45) is 7.05. The number of halogens is 1. The first kappa shape index (κ1) is 18.4. The molecule has 1 aromatic carbocycles. The number of methoxy groups -OCH3 is 1. The molecule has 0 N–H and O–H groups in total. The maximum Gasteiger partial charge on any atom is 0.211 e. The first-order valence-corrected chi connectivity index (χ1v) is 11.0. The van der Waals surface area contributed by atoms with Crippen LogP contribution in [-0.4, -0.2) is 27.8 Å². The van der Waals surface area contributed by atoms with Gasteiger partial charge in [0.25, 0.3) is 0 Å². The van der Waals surface area contributed by atoms with Crippen LogP contribution in [0.3, 0.4) is 0 Å². The Morgan fingerprint density at radius 1 is 1.19 bits per heavy atom. The van der Waals surface area contributed by atoms with Gasteiger partial charge in [-0.2, -0.15) is 5.10 Å². The number of para-hydroxylation sites is 1. The Labute approximate surface area is 167 Å². The van der Waals surface area contributed by atoms with Crippen molar-refractivity contribution in [1.82, 2.24) is 4.57 Å². The summed E-state index contributed by atoms with van der Waals surface area (Å²) in [5.41, 5.74) is 2.54. The maximum atomic E-state index is 5.98. The molecule has 0 saturated heterocycles. The number of nitrogens with zero attached hydrogens (tertiary/aromatic N) is 3. The molecule has 0 bridgehead atoms. The molecule has 0 amide bonds. The number of thiazole rings is 1. The van der Waals surface area contributed by atoms with E-state index in [-0.39, 0.29) is 15.8 Å². The van der Waals surface area contributed by atoms with Crippen LogP contribution in [0.2, 0.25) is 0 Å². The lowest BCUT2D eigenvalue weighted by Crippen LogP contribution is -2.59. The second-order valence-electron chi connectivity index (χ2n) is 7.85. The molecule has 3 unspecified atom stereocenters. The largest absolute Gasteiger partial charge is 0.374 e. The van der Waals surface area contributed by atoms with Crippen LogP contribution in [0, 0.1) is 5.41 Å². The molecule has 6 heteroatoms. The number of hydrogen-bond donors (Lipinski definition) is 0. The molecule has 4 rings (SSSR count). The molecule has 0 spiro atoms. The van der Waals surface area contributed by atoms with Crippen molar-refractivity contribution in [2.45, 2.75) is 55.9 Å². The number of ether oxygens (including phenoxy) is 1. The predicted molar refractivity (Wildman–Crippen MR) is 112 cm³/mol. The van der Waals surface area contributed by atoms with Crippen molar-refractivity contribution >= 4 is 43.2 Å². The minimum absolute atomic E-state index is 0.00927. The van der Waals surface area contributed by atoms with E-state index in [1.165, 1.54) is 29.5 Å². The summed E-state index contributed by atoms with van der Waals surface area (Å²) in [4.78, 5) is 0.925. The first-order chi connectivity index (χ1) is 12.5. The third-order valence-corrected chi connectivity index (χ3v) is 9.26. The van der Waals surface area contributed by atoms with E-state index in [0.717, 1.165) is 29.8 Å². The topological polar surface area (TPSA) is 38.9 Å². The highest BCUT2D eigenvalue weighted by molar-refractivity contribution is 9.10. The number of aryl methyl sites for hydroxylation is 1. The van der Waals surface area contributed by atoms with Crippen LogP contribution in [0.5, 0.6) is 0 Å². The van der Waals surface area contributed by atoms with Crippen molar-refractivity contribution in [1.29, 1.82) is 0 Å². The van der Waals surface area contributed by atoms with Gasteiger partial charge in [-0.25, -0.2) is 0 Å². The molecule has 4 nitrogen and oxygen atoms in total. The van der Waals surface area contributed by atoms with Crippen LogP contribution in [0.15, 0.2) is 34.5 Å². The number of benzene rings is 1. The second-order valence-corrected chi connectivity index (χ2v) is 10.3. The van der Waals surface area contributed by atoms with Crippen LogP contribution < -0.4 is 4.80 Å². The minimum Gasteiger partial charge on any atom is -0.374 e. The highest BCUT2D eigenvalue weighted by Crippen LogP contribution is 2.57. The summed E-state index contributed by atoms with van der Waals surface area (Å²) in [5.74, 6) is 0. The SMILES string of the molecule is COC1/C(=N/N=c2/sc3ccccc3n2C)CCC2(C)CCCCC12Br. The van der Waals surface area contributed by atoms with Crippen LogP contribution in [-0.2, 0) is 11.8 Å². The van der Waals surface area contributed by atoms with Gasteiger partial charge in [-0.1, -0.05) is 59.2 Å². The van der Waals surface area contributed by atoms with Gasteiger partial charge in [-0.3, -0.25) is 0 Å². The van der Waals surface area contributed by atoms with Crippen molar-refractivity contribution in [3.05, 3.63) is 29.1 Å². The van der Waals surface area contributed by atoms with Crippen LogP contribution >= 0.6 is 27.3 Å². The van der Waals surface area contributed by atoms with E-state index < -0.39 is 0 Å². The van der Waals surface area contributed by atoms with Gasteiger partial charge in [0.05, 0.1) is 20.3 Å². The monoisotopic (exact) mass is 435 g/mol. The van der Waals surface area contributed by atoms with Crippen molar-refractivity contribution < 1.29 is 4.74 Å². The number of fused-ring (bicyclic) bond motifs is 2. The zero-order chi connectivity index (χ0) is 18.4. The van der Waals surface area contributed by atoms with Gasteiger partial charge >= 0.3 is 0 Å². The molecular formula is C20H26BrN3OS. The van der Waals surface area contributed by atoms with E-state index in [2.05, 4.69) is 63.8 Å². The second kappa shape index (κ2) is 6.88. The highest BCUT2D eigenvalue weighted by Gasteiger charge is 2.57. The third kappa shape index (κ3) is 2.81. The lowest BCUT2D eigenvalue weighted by Gasteiger charge is -2.55. The smallest absolute Gasteiger partial charge is 0.211 e. The molecule has 140 valence electrons. The van der Waals surface area contributed by atoms with Crippen LogP contribution in [0.25, 0.3) is 10.2 Å². The first-order valence-electron chi connectivity index (χ1n) is 9.35. The molecule has 2 fully saturated rings. The van der Waals surface area contributed by atoms with Crippen LogP contribution in [0.4, 0.5) is 0 Å². The van der Waals surface area contributed by atoms with Crippen molar-refractivity contribution in [2.24, 2.45) is 22.7 Å². The number of rotatable bonds is 2. The molecule has 3 atom stereocenters. The molecule has 2 aliphatic carbocycles. The highest BCUT2D eigenvalue weighted by atomic mass is 79.9. The molecule has 2 aromatic rings. The molecule has 0 radical (unpaired) electrons. The average Bonchev–Trinajstić information content (AvgIpc) is 2.96. The Balaban J connectivity index is 1.73. The molecule has 2 aliphatic rings. The number of hydrogen-bond acceptors (Lipinski definition) is 4. The Morgan fingerprint density at radius 2 is 1.96 bits per heavy atom. The quantitative estimate of drug-likeness (QED) is 0.481. The summed E-state index contributed by atoms with van der Waals surface area (Å²) in [6, 6.07) is 8.38. The zero-order valence-electron chi connectivity index (χ0n) is 15.7. The van der Waals surface area contributed by atoms with E-state index in [4.69, 9.17) is 9.84 Å². The summed E-state index contributed by atoms with van der Waals surface area (Å²) < 4.78 is 9.30. The Bertz CT molecular complexity index is 917. The summed E-state index contributed by atoms with van der Waals surface area (Å²) >= 11 is 5.79. The van der Waals surface area contributed by atoms with Gasteiger partial charge in [0.1, 0.15) is 6.10 Å². The van der Waals surface area contributed by atoms with Gasteiger partial charge in [0.2, 0.25) is 4.80 Å². The standard InChI is InChI=1S/C20H26BrN3OS/c1-19-11-6-7-12-20(19,21)17(25-3)14(10-13-19)22-23-18-24(2)15-8-4-5-9-16(15)26-18/h4-5,8-9,17H,6-7,10-13H2,1-3H3/b22-14+,23-18+. The van der Waals surface area contributed by atoms with E-state index in [1.807, 2.05) is 7.11 Å². The zero-order valence-corrected chi connectivity index (χ0v) is 18.1. The Morgan fingerprint density at radius 3 is 2.73 bits per heavy atom. The lowest BCUT2D eigenvalue weighted by atomic mass is 9.59. The maximum absolute atomic E-state index is 5.98. The lowest BCUT2D eigenvalue weighted by molar-refractivity contribution is 0.0159. The van der Waals surface area contributed by atoms with Gasteiger partial charge in [-0.05, 0) is 43.2 Å². The predicted octanol–water partition coefficient (Wildman–Crippen LogP) is 5.02. The van der Waals surface area contributed by atoms with Gasteiger partial charge in [-0.15, -0.1) is 5.10 Å². The normalized spacial score (nSPS) is 34.4. The summed E-state index contributed by atoms with van der Waals surface area (Å²) in [5, 5.41) is 9.33. The fourth-order valence-electron chi connectivity index (χ4n) is 4.70. The van der Waals surface area contributed by atoms with Crippen molar-refractivity contribution in [3.63, 3.8) is 0 Å². The summed E-state index contributed by atoms with van der Waals surface area (Å²) in [7, 11) is 3.86. The molecule has 0 aliphatic heterocycles. The van der Waals surface area contributed by atoms with Gasteiger partial charge < -0.3 is 9.30 Å². The Hall–Kier alpha value is -0.980. The summed E-state index contributed by atoms with van der Waals surface area (Å²) in [6.45, 7) is 2.41. The average molecular weight is 436 g/mol. The van der Waals surface area contributed by atoms with E-state index in [1.54, 1.807) is 11.3 Å². The fourth-order valence-corrected chi connectivity index (χ4v) is 6.79. The van der Waals surface area contributed by atoms with E-state index in [0.29, 0.717) is 0 Å². The van der Waals surface area contributed by atoms with E-state index in [9.17, 15) is 0 Å². The molecule has 1 aromatic heterocycles. The van der Waals surface area contributed by atoms with Gasteiger partial charge in [0, 0.05) is 14.2 Å². The van der Waals surface area contributed by atoms with Crippen molar-refractivity contribution in [3.8, 4) is 0 Å². The number of alkyl halides is 1. The molecular weight excluding hydrogens is 410 g/mol. The van der Waals surface area contributed by atoms with E-state index >= 15 is 0 Å². The molecule has 26 heavy (non-hydrogen) atoms. The third-order valence-electron chi connectivity index (χ3n) is 6.39.